The Labute approximate surface area is 133 Å². The lowest BCUT2D eigenvalue weighted by molar-refractivity contribution is -0.114. The molecule has 1 amide bonds. The highest BCUT2D eigenvalue weighted by molar-refractivity contribution is 6.56. The first-order valence-electron chi connectivity index (χ1n) is 7.05. The van der Waals surface area contributed by atoms with E-state index in [-0.39, 0.29) is 16.7 Å². The maximum atomic E-state index is 12.1. The highest BCUT2D eigenvalue weighted by Gasteiger charge is 2.39. The third kappa shape index (κ3) is 2.68. The highest BCUT2D eigenvalue weighted by Crippen LogP contribution is 2.40. The van der Waals surface area contributed by atoms with Crippen molar-refractivity contribution in [3.8, 4) is 0 Å². The van der Waals surface area contributed by atoms with Crippen molar-refractivity contribution >= 4 is 40.6 Å². The Hall–Kier alpha value is -1.10. The molecule has 0 aliphatic carbocycles. The van der Waals surface area contributed by atoms with Crippen molar-refractivity contribution in [3.63, 3.8) is 0 Å². The third-order valence-electron chi connectivity index (χ3n) is 3.95. The van der Waals surface area contributed by atoms with Crippen molar-refractivity contribution in [2.45, 2.75) is 31.8 Å². The maximum Gasteiger partial charge on any atom is 0.299 e. The topological polar surface area (TPSA) is 46.6 Å². The van der Waals surface area contributed by atoms with Crippen LogP contribution in [0.2, 0.25) is 10.0 Å². The van der Waals surface area contributed by atoms with Gasteiger partial charge in [-0.15, -0.1) is 0 Å². The fraction of sp³-hybridized carbons (Fsp3) is 0.467. The number of benzene rings is 1. The van der Waals surface area contributed by atoms with E-state index in [0.717, 1.165) is 32.3 Å². The second kappa shape index (κ2) is 5.95. The fourth-order valence-corrected chi connectivity index (χ4v) is 3.41. The van der Waals surface area contributed by atoms with E-state index >= 15 is 0 Å². The van der Waals surface area contributed by atoms with E-state index in [9.17, 15) is 9.59 Å². The number of hydrogen-bond donors (Lipinski definition) is 0. The summed E-state index contributed by atoms with van der Waals surface area (Å²) >= 11 is 12.2. The average Bonchev–Trinajstić information content (AvgIpc) is 3.06. The molecule has 0 radical (unpaired) electrons. The molecule has 2 heterocycles. The molecule has 1 aromatic rings. The first kappa shape index (κ1) is 14.8. The van der Waals surface area contributed by atoms with Crippen LogP contribution >= 0.6 is 23.2 Å². The Bertz CT molecular complexity index is 597. The van der Waals surface area contributed by atoms with Crippen LogP contribution < -0.4 is 4.90 Å². The van der Waals surface area contributed by atoms with E-state index in [4.69, 9.17) is 27.9 Å². The lowest BCUT2D eigenvalue weighted by Gasteiger charge is -2.18. The SMILES string of the molecule is O=C1C(=O)N(CCCC2CCCO2)c2c(Cl)ccc(Cl)c21. The molecule has 1 atom stereocenters. The summed E-state index contributed by atoms with van der Waals surface area (Å²) in [6, 6.07) is 3.16. The predicted octanol–water partition coefficient (Wildman–Crippen LogP) is 3.48. The van der Waals surface area contributed by atoms with Crippen molar-refractivity contribution in [1.82, 2.24) is 0 Å². The molecule has 1 unspecified atom stereocenters. The van der Waals surface area contributed by atoms with Gasteiger partial charge in [0.25, 0.3) is 11.7 Å². The minimum atomic E-state index is -0.574. The zero-order valence-electron chi connectivity index (χ0n) is 11.4. The molecule has 0 N–H and O–H groups in total. The number of anilines is 1. The van der Waals surface area contributed by atoms with Crippen LogP contribution in [0.5, 0.6) is 0 Å². The molecule has 0 spiro atoms. The number of ketones is 1. The first-order chi connectivity index (χ1) is 10.1. The van der Waals surface area contributed by atoms with Gasteiger partial charge in [-0.05, 0) is 37.8 Å². The van der Waals surface area contributed by atoms with Crippen molar-refractivity contribution in [2.75, 3.05) is 18.1 Å². The van der Waals surface area contributed by atoms with E-state index in [2.05, 4.69) is 0 Å². The van der Waals surface area contributed by atoms with E-state index in [1.54, 1.807) is 12.1 Å². The van der Waals surface area contributed by atoms with Crippen molar-refractivity contribution in [3.05, 3.63) is 27.7 Å². The van der Waals surface area contributed by atoms with E-state index in [1.165, 1.54) is 4.90 Å². The van der Waals surface area contributed by atoms with Gasteiger partial charge in [-0.3, -0.25) is 9.59 Å². The van der Waals surface area contributed by atoms with Crippen LogP contribution in [0.25, 0.3) is 0 Å². The Kier molecular flexibility index (Phi) is 4.20. The molecule has 2 aliphatic rings. The van der Waals surface area contributed by atoms with Gasteiger partial charge in [0.15, 0.2) is 0 Å². The normalized spacial score (nSPS) is 21.2. The molecule has 3 rings (SSSR count). The van der Waals surface area contributed by atoms with E-state index in [0.29, 0.717) is 17.3 Å². The number of amides is 1. The molecule has 1 fully saturated rings. The van der Waals surface area contributed by atoms with Gasteiger partial charge < -0.3 is 9.64 Å². The van der Waals surface area contributed by atoms with Gasteiger partial charge in [0.2, 0.25) is 0 Å². The largest absolute Gasteiger partial charge is 0.378 e. The molecule has 2 aliphatic heterocycles. The Morgan fingerprint density at radius 1 is 1.24 bits per heavy atom. The summed E-state index contributed by atoms with van der Waals surface area (Å²) in [7, 11) is 0. The lowest BCUT2D eigenvalue weighted by Crippen LogP contribution is -2.31. The molecule has 1 saturated heterocycles. The molecule has 4 nitrogen and oxygen atoms in total. The van der Waals surface area contributed by atoms with Crippen molar-refractivity contribution in [1.29, 1.82) is 0 Å². The average molecular weight is 328 g/mol. The first-order valence-corrected chi connectivity index (χ1v) is 7.81. The fourth-order valence-electron chi connectivity index (χ4n) is 2.91. The summed E-state index contributed by atoms with van der Waals surface area (Å²) in [5.41, 5.74) is 0.679. The number of nitrogens with zero attached hydrogens (tertiary/aromatic N) is 1. The van der Waals surface area contributed by atoms with E-state index in [1.807, 2.05) is 0 Å². The van der Waals surface area contributed by atoms with Gasteiger partial charge in [-0.1, -0.05) is 23.2 Å². The Balaban J connectivity index is 1.76. The van der Waals surface area contributed by atoms with Gasteiger partial charge in [0.05, 0.1) is 27.4 Å². The molecule has 112 valence electrons. The molecular weight excluding hydrogens is 313 g/mol. The van der Waals surface area contributed by atoms with Gasteiger partial charge in [0, 0.05) is 13.2 Å². The number of fused-ring (bicyclic) bond motifs is 1. The van der Waals surface area contributed by atoms with Crippen LogP contribution in [0, 0.1) is 0 Å². The number of carbonyl (C=O) groups excluding carboxylic acids is 2. The minimum Gasteiger partial charge on any atom is -0.378 e. The van der Waals surface area contributed by atoms with Gasteiger partial charge in [0.1, 0.15) is 0 Å². The van der Waals surface area contributed by atoms with Crippen LogP contribution in [-0.2, 0) is 9.53 Å². The number of hydrogen-bond acceptors (Lipinski definition) is 3. The van der Waals surface area contributed by atoms with Crippen molar-refractivity contribution in [2.24, 2.45) is 0 Å². The van der Waals surface area contributed by atoms with Crippen molar-refractivity contribution < 1.29 is 14.3 Å². The predicted molar refractivity (Wildman–Crippen MR) is 81.4 cm³/mol. The van der Waals surface area contributed by atoms with Gasteiger partial charge >= 0.3 is 0 Å². The van der Waals surface area contributed by atoms with Crippen LogP contribution in [0.1, 0.15) is 36.0 Å². The lowest BCUT2D eigenvalue weighted by atomic mass is 10.1. The summed E-state index contributed by atoms with van der Waals surface area (Å²) in [4.78, 5) is 25.6. The zero-order chi connectivity index (χ0) is 15.0. The molecule has 6 heteroatoms. The molecule has 0 saturated carbocycles. The highest BCUT2D eigenvalue weighted by atomic mass is 35.5. The summed E-state index contributed by atoms with van der Waals surface area (Å²) in [6.07, 6.45) is 4.08. The number of halogens is 2. The molecule has 0 bridgehead atoms. The zero-order valence-corrected chi connectivity index (χ0v) is 12.9. The van der Waals surface area contributed by atoms with Crippen LogP contribution in [-0.4, -0.2) is 30.9 Å². The van der Waals surface area contributed by atoms with E-state index < -0.39 is 11.7 Å². The summed E-state index contributed by atoms with van der Waals surface area (Å²) in [5, 5.41) is 0.653. The van der Waals surface area contributed by atoms with Crippen LogP contribution in [0.3, 0.4) is 0 Å². The number of rotatable bonds is 4. The summed E-state index contributed by atoms with van der Waals surface area (Å²) < 4.78 is 5.56. The molecule has 21 heavy (non-hydrogen) atoms. The van der Waals surface area contributed by atoms with Crippen LogP contribution in [0.4, 0.5) is 5.69 Å². The smallest absolute Gasteiger partial charge is 0.299 e. The monoisotopic (exact) mass is 327 g/mol. The second-order valence-corrected chi connectivity index (χ2v) is 6.13. The maximum absolute atomic E-state index is 12.1. The Morgan fingerprint density at radius 3 is 2.71 bits per heavy atom. The molecular formula is C15H15Cl2NO3. The third-order valence-corrected chi connectivity index (χ3v) is 4.57. The van der Waals surface area contributed by atoms with Gasteiger partial charge in [-0.2, -0.15) is 0 Å². The number of ether oxygens (including phenoxy) is 1. The van der Waals surface area contributed by atoms with Crippen LogP contribution in [0.15, 0.2) is 12.1 Å². The van der Waals surface area contributed by atoms with Gasteiger partial charge in [-0.25, -0.2) is 0 Å². The summed E-state index contributed by atoms with van der Waals surface area (Å²) in [6.45, 7) is 1.27. The Morgan fingerprint density at radius 2 is 2.00 bits per heavy atom. The summed E-state index contributed by atoms with van der Waals surface area (Å²) in [5.74, 6) is -1.12. The molecule has 1 aromatic carbocycles. The standard InChI is InChI=1S/C15H15Cl2NO3/c16-10-5-6-11(17)13-12(10)14(19)15(20)18(13)7-1-3-9-4-2-8-21-9/h5-6,9H,1-4,7-8H2. The molecule has 0 aromatic heterocycles. The minimum absolute atomic E-state index is 0.228. The second-order valence-electron chi connectivity index (χ2n) is 5.32. The quantitative estimate of drug-likeness (QED) is 0.795. The number of Topliss-reactive ketones (excluding diaryl/α,β-unsaturated/α-hetero) is 1. The number of carbonyl (C=O) groups is 2.